The average molecular weight is 339 g/mol. The van der Waals surface area contributed by atoms with E-state index in [1.54, 1.807) is 0 Å². The molecule has 0 atom stereocenters. The molecule has 1 spiro atoms. The quantitative estimate of drug-likeness (QED) is 0.890. The number of rotatable bonds is 5. The molecule has 6 heteroatoms. The summed E-state index contributed by atoms with van der Waals surface area (Å²) in [6.45, 7) is 4.13. The first-order valence-electron chi connectivity index (χ1n) is 8.17. The highest BCUT2D eigenvalue weighted by Gasteiger charge is 2.39. The van der Waals surface area contributed by atoms with Gasteiger partial charge in [-0.05, 0) is 24.1 Å². The van der Waals surface area contributed by atoms with Gasteiger partial charge in [-0.1, -0.05) is 23.7 Å². The third-order valence-corrected chi connectivity index (χ3v) is 4.70. The van der Waals surface area contributed by atoms with Crippen LogP contribution in [0, 0.1) is 0 Å². The van der Waals surface area contributed by atoms with Crippen LogP contribution in [-0.2, 0) is 20.7 Å². The average Bonchev–Trinajstić information content (AvgIpc) is 3.00. The number of amides is 1. The molecule has 5 nitrogen and oxygen atoms in total. The van der Waals surface area contributed by atoms with Crippen molar-refractivity contribution in [3.63, 3.8) is 0 Å². The molecule has 0 aromatic heterocycles. The number of carbonyl (C=O) groups is 1. The zero-order valence-electron chi connectivity index (χ0n) is 13.2. The molecule has 0 unspecified atom stereocenters. The van der Waals surface area contributed by atoms with E-state index >= 15 is 0 Å². The van der Waals surface area contributed by atoms with Crippen molar-refractivity contribution in [2.75, 3.05) is 39.4 Å². The van der Waals surface area contributed by atoms with Gasteiger partial charge in [-0.2, -0.15) is 0 Å². The van der Waals surface area contributed by atoms with Crippen LogP contribution in [0.1, 0.15) is 18.4 Å². The monoisotopic (exact) mass is 338 g/mol. The van der Waals surface area contributed by atoms with Crippen LogP contribution in [0.15, 0.2) is 24.3 Å². The Morgan fingerprint density at radius 2 is 1.83 bits per heavy atom. The van der Waals surface area contributed by atoms with Gasteiger partial charge in [-0.15, -0.1) is 0 Å². The Kier molecular flexibility index (Phi) is 5.54. The summed E-state index contributed by atoms with van der Waals surface area (Å²) < 4.78 is 11.4. The van der Waals surface area contributed by atoms with Crippen LogP contribution in [0.4, 0.5) is 0 Å². The molecule has 1 aromatic rings. The van der Waals surface area contributed by atoms with Crippen molar-refractivity contribution in [3.05, 3.63) is 34.9 Å². The molecule has 0 aliphatic carbocycles. The lowest BCUT2D eigenvalue weighted by Crippen LogP contribution is -2.48. The maximum Gasteiger partial charge on any atom is 0.234 e. The number of hydrogen-bond acceptors (Lipinski definition) is 4. The largest absolute Gasteiger partial charge is 0.355 e. The standard InChI is InChI=1S/C17H23ClN2O3/c18-15-3-1-14(2-4-15)5-8-19-16(21)13-20-9-6-17(7-10-20)22-11-12-23-17/h1-4H,5-13H2,(H,19,21). The Balaban J connectivity index is 1.34. The zero-order chi connectivity index (χ0) is 16.1. The van der Waals surface area contributed by atoms with Crippen molar-refractivity contribution < 1.29 is 14.3 Å². The van der Waals surface area contributed by atoms with Crippen LogP contribution < -0.4 is 5.32 Å². The SMILES string of the molecule is O=C(CN1CCC2(CC1)OCCO2)NCCc1ccc(Cl)cc1. The van der Waals surface area contributed by atoms with E-state index in [9.17, 15) is 4.79 Å². The Morgan fingerprint density at radius 3 is 2.48 bits per heavy atom. The minimum atomic E-state index is -0.373. The van der Waals surface area contributed by atoms with Gasteiger partial charge in [0.2, 0.25) is 5.91 Å². The highest BCUT2D eigenvalue weighted by molar-refractivity contribution is 6.30. The topological polar surface area (TPSA) is 50.8 Å². The molecule has 3 rings (SSSR count). The first kappa shape index (κ1) is 16.7. The molecule has 0 saturated carbocycles. The maximum atomic E-state index is 12.0. The summed E-state index contributed by atoms with van der Waals surface area (Å²) in [5.41, 5.74) is 1.17. The minimum Gasteiger partial charge on any atom is -0.355 e. The van der Waals surface area contributed by atoms with Crippen molar-refractivity contribution in [1.82, 2.24) is 10.2 Å². The second kappa shape index (κ2) is 7.62. The van der Waals surface area contributed by atoms with E-state index in [-0.39, 0.29) is 11.7 Å². The molecule has 1 aromatic carbocycles. The van der Waals surface area contributed by atoms with Gasteiger partial charge >= 0.3 is 0 Å². The number of likely N-dealkylation sites (tertiary alicyclic amines) is 1. The third-order valence-electron chi connectivity index (χ3n) is 4.45. The third kappa shape index (κ3) is 4.67. The van der Waals surface area contributed by atoms with E-state index in [0.717, 1.165) is 37.4 Å². The summed E-state index contributed by atoms with van der Waals surface area (Å²) in [6, 6.07) is 7.71. The fourth-order valence-corrected chi connectivity index (χ4v) is 3.22. The van der Waals surface area contributed by atoms with Gasteiger partial charge in [0.25, 0.3) is 0 Å². The molecular weight excluding hydrogens is 316 g/mol. The number of halogens is 1. The van der Waals surface area contributed by atoms with Gasteiger partial charge in [-0.3, -0.25) is 9.69 Å². The van der Waals surface area contributed by atoms with Gasteiger partial charge in [0.05, 0.1) is 19.8 Å². The van der Waals surface area contributed by atoms with Crippen molar-refractivity contribution in [1.29, 1.82) is 0 Å². The number of carbonyl (C=O) groups excluding carboxylic acids is 1. The lowest BCUT2D eigenvalue weighted by Gasteiger charge is -2.37. The molecule has 1 N–H and O–H groups in total. The molecule has 0 radical (unpaired) electrons. The molecular formula is C17H23ClN2O3. The number of benzene rings is 1. The number of nitrogens with one attached hydrogen (secondary N) is 1. The number of nitrogens with zero attached hydrogens (tertiary/aromatic N) is 1. The van der Waals surface area contributed by atoms with Crippen LogP contribution in [0.25, 0.3) is 0 Å². The zero-order valence-corrected chi connectivity index (χ0v) is 14.0. The van der Waals surface area contributed by atoms with E-state index in [1.165, 1.54) is 5.56 Å². The van der Waals surface area contributed by atoms with E-state index in [0.29, 0.717) is 26.3 Å². The van der Waals surface area contributed by atoms with Gasteiger partial charge in [-0.25, -0.2) is 0 Å². The van der Waals surface area contributed by atoms with Gasteiger partial charge in [0.1, 0.15) is 0 Å². The first-order chi connectivity index (χ1) is 11.2. The highest BCUT2D eigenvalue weighted by atomic mass is 35.5. The van der Waals surface area contributed by atoms with Crippen LogP contribution in [0.2, 0.25) is 5.02 Å². The normalized spacial score (nSPS) is 20.7. The van der Waals surface area contributed by atoms with Crippen LogP contribution >= 0.6 is 11.6 Å². The van der Waals surface area contributed by atoms with Crippen molar-refractivity contribution >= 4 is 17.5 Å². The summed E-state index contributed by atoms with van der Waals surface area (Å²) in [6.07, 6.45) is 2.49. The Morgan fingerprint density at radius 1 is 1.17 bits per heavy atom. The summed E-state index contributed by atoms with van der Waals surface area (Å²) >= 11 is 5.86. The van der Waals surface area contributed by atoms with Crippen LogP contribution in [0.3, 0.4) is 0 Å². The van der Waals surface area contributed by atoms with E-state index < -0.39 is 0 Å². The predicted octanol–water partition coefficient (Wildman–Crippen LogP) is 1.84. The fraction of sp³-hybridized carbons (Fsp3) is 0.588. The minimum absolute atomic E-state index is 0.0724. The fourth-order valence-electron chi connectivity index (χ4n) is 3.09. The molecule has 1 amide bonds. The Hall–Kier alpha value is -1.14. The Labute approximate surface area is 141 Å². The van der Waals surface area contributed by atoms with Gasteiger partial charge in [0.15, 0.2) is 5.79 Å². The van der Waals surface area contributed by atoms with E-state index in [4.69, 9.17) is 21.1 Å². The maximum absolute atomic E-state index is 12.0. The molecule has 2 heterocycles. The van der Waals surface area contributed by atoms with Crippen molar-refractivity contribution in [3.8, 4) is 0 Å². The van der Waals surface area contributed by atoms with Gasteiger partial charge < -0.3 is 14.8 Å². The molecule has 2 aliphatic rings. The molecule has 23 heavy (non-hydrogen) atoms. The summed E-state index contributed by atoms with van der Waals surface area (Å²) in [7, 11) is 0. The summed E-state index contributed by atoms with van der Waals surface area (Å²) in [5, 5.41) is 3.71. The summed E-state index contributed by atoms with van der Waals surface area (Å²) in [5.74, 6) is -0.301. The number of hydrogen-bond donors (Lipinski definition) is 1. The van der Waals surface area contributed by atoms with Crippen LogP contribution in [0.5, 0.6) is 0 Å². The second-order valence-corrected chi connectivity index (χ2v) is 6.55. The molecule has 2 fully saturated rings. The number of piperidine rings is 1. The lowest BCUT2D eigenvalue weighted by molar-refractivity contribution is -0.185. The smallest absolute Gasteiger partial charge is 0.234 e. The predicted molar refractivity (Wildman–Crippen MR) is 88.5 cm³/mol. The van der Waals surface area contributed by atoms with Crippen LogP contribution in [-0.4, -0.2) is 56.0 Å². The van der Waals surface area contributed by atoms with Gasteiger partial charge in [0, 0.05) is 37.5 Å². The number of ether oxygens (including phenoxy) is 2. The summed E-state index contributed by atoms with van der Waals surface area (Å²) in [4.78, 5) is 14.2. The molecule has 2 aliphatic heterocycles. The highest BCUT2D eigenvalue weighted by Crippen LogP contribution is 2.30. The van der Waals surface area contributed by atoms with E-state index in [1.807, 2.05) is 24.3 Å². The Bertz CT molecular complexity index is 519. The first-order valence-corrected chi connectivity index (χ1v) is 8.54. The molecule has 0 bridgehead atoms. The van der Waals surface area contributed by atoms with E-state index in [2.05, 4.69) is 10.2 Å². The molecule has 2 saturated heterocycles. The molecule has 126 valence electrons. The van der Waals surface area contributed by atoms with Crippen molar-refractivity contribution in [2.45, 2.75) is 25.0 Å². The second-order valence-electron chi connectivity index (χ2n) is 6.11. The lowest BCUT2D eigenvalue weighted by atomic mass is 10.0. The van der Waals surface area contributed by atoms with Crippen molar-refractivity contribution in [2.24, 2.45) is 0 Å².